The number of carboxylic acid groups (broad SMARTS) is 2. The van der Waals surface area contributed by atoms with E-state index in [2.05, 4.69) is 4.74 Å². The Kier molecular flexibility index (Phi) is 5.20. The Morgan fingerprint density at radius 1 is 0.933 bits per heavy atom. The molecular weight excluding hydrogens is 208 g/mol. The number of carboxylic acids is 2. The third-order valence-electron chi connectivity index (χ3n) is 1.66. The highest BCUT2D eigenvalue weighted by molar-refractivity contribution is 5.76. The zero-order valence-corrected chi connectivity index (χ0v) is 8.32. The molecule has 4 atom stereocenters. The molecule has 4 N–H and O–H groups in total. The van der Waals surface area contributed by atoms with Crippen molar-refractivity contribution in [2.45, 2.75) is 38.3 Å². The molecule has 0 saturated heterocycles. The van der Waals surface area contributed by atoms with Crippen LogP contribution in [0.2, 0.25) is 0 Å². The molecular formula is C8H14O7. The van der Waals surface area contributed by atoms with Gasteiger partial charge in [-0.3, -0.25) is 0 Å². The molecule has 7 nitrogen and oxygen atoms in total. The monoisotopic (exact) mass is 222 g/mol. The molecule has 0 bridgehead atoms. The van der Waals surface area contributed by atoms with Crippen molar-refractivity contribution in [3.8, 4) is 0 Å². The molecule has 0 aromatic carbocycles. The molecule has 0 aliphatic heterocycles. The zero-order valence-electron chi connectivity index (χ0n) is 8.32. The van der Waals surface area contributed by atoms with Crippen LogP contribution in [-0.2, 0) is 14.3 Å². The smallest absolute Gasteiger partial charge is 0.335 e. The summed E-state index contributed by atoms with van der Waals surface area (Å²) in [5, 5.41) is 35.2. The molecule has 0 aromatic heterocycles. The summed E-state index contributed by atoms with van der Waals surface area (Å²) < 4.78 is 4.60. The molecule has 88 valence electrons. The van der Waals surface area contributed by atoms with Crippen molar-refractivity contribution in [3.05, 3.63) is 0 Å². The molecule has 0 rings (SSSR count). The first-order valence-electron chi connectivity index (χ1n) is 4.24. The van der Waals surface area contributed by atoms with E-state index in [4.69, 9.17) is 20.4 Å². The molecule has 15 heavy (non-hydrogen) atoms. The summed E-state index contributed by atoms with van der Waals surface area (Å²) in [4.78, 5) is 21.1. The van der Waals surface area contributed by atoms with E-state index in [1.54, 1.807) is 0 Å². The minimum atomic E-state index is -1.68. The summed E-state index contributed by atoms with van der Waals surface area (Å²) in [6, 6.07) is 0. The van der Waals surface area contributed by atoms with E-state index < -0.39 is 36.4 Å². The van der Waals surface area contributed by atoms with E-state index in [-0.39, 0.29) is 0 Å². The molecule has 4 unspecified atom stereocenters. The van der Waals surface area contributed by atoms with E-state index in [1.807, 2.05) is 0 Å². The van der Waals surface area contributed by atoms with Crippen LogP contribution in [0.4, 0.5) is 0 Å². The predicted octanol–water partition coefficient (Wildman–Crippen LogP) is -1.33. The third kappa shape index (κ3) is 4.24. The van der Waals surface area contributed by atoms with Gasteiger partial charge in [-0.25, -0.2) is 9.59 Å². The normalized spacial score (nSPS) is 18.9. The molecule has 0 heterocycles. The minimum Gasteiger partial charge on any atom is -0.479 e. The summed E-state index contributed by atoms with van der Waals surface area (Å²) in [7, 11) is 0. The lowest BCUT2D eigenvalue weighted by molar-refractivity contribution is -0.181. The molecule has 0 aliphatic rings. The van der Waals surface area contributed by atoms with E-state index in [0.29, 0.717) is 0 Å². The number of ether oxygens (including phenoxy) is 1. The lowest BCUT2D eigenvalue weighted by Crippen LogP contribution is -2.44. The van der Waals surface area contributed by atoms with Crippen LogP contribution < -0.4 is 0 Å². The van der Waals surface area contributed by atoms with Gasteiger partial charge in [0.15, 0.2) is 12.2 Å². The maximum absolute atomic E-state index is 10.6. The summed E-state index contributed by atoms with van der Waals surface area (Å²) in [6.45, 7) is 2.31. The van der Waals surface area contributed by atoms with Crippen LogP contribution in [0.3, 0.4) is 0 Å². The maximum Gasteiger partial charge on any atom is 0.335 e. The first kappa shape index (κ1) is 13.8. The summed E-state index contributed by atoms with van der Waals surface area (Å²) in [5.41, 5.74) is 0. The van der Waals surface area contributed by atoms with Gasteiger partial charge in [-0.15, -0.1) is 0 Å². The second-order valence-electron chi connectivity index (χ2n) is 3.13. The van der Waals surface area contributed by atoms with E-state index in [9.17, 15) is 9.59 Å². The molecule has 0 spiro atoms. The van der Waals surface area contributed by atoms with Gasteiger partial charge >= 0.3 is 11.9 Å². The van der Waals surface area contributed by atoms with Gasteiger partial charge in [0.1, 0.15) is 0 Å². The molecule has 0 aromatic rings. The van der Waals surface area contributed by atoms with Crippen molar-refractivity contribution >= 4 is 11.9 Å². The van der Waals surface area contributed by atoms with Crippen molar-refractivity contribution in [2.24, 2.45) is 0 Å². The predicted molar refractivity (Wildman–Crippen MR) is 47.3 cm³/mol. The quantitative estimate of drug-likeness (QED) is 0.439. The Bertz CT molecular complexity index is 211. The highest BCUT2D eigenvalue weighted by Gasteiger charge is 2.33. The third-order valence-corrected chi connectivity index (χ3v) is 1.66. The Morgan fingerprint density at radius 2 is 1.20 bits per heavy atom. The number of hydrogen-bond acceptors (Lipinski definition) is 5. The molecule has 0 fully saturated rings. The van der Waals surface area contributed by atoms with Gasteiger partial charge in [-0.1, -0.05) is 0 Å². The number of aliphatic hydroxyl groups excluding tert-OH is 2. The molecule has 0 saturated carbocycles. The van der Waals surface area contributed by atoms with Crippen molar-refractivity contribution in [3.63, 3.8) is 0 Å². The van der Waals surface area contributed by atoms with E-state index in [1.165, 1.54) is 0 Å². The van der Waals surface area contributed by atoms with Gasteiger partial charge in [0.25, 0.3) is 0 Å². The Balaban J connectivity index is 4.62. The number of rotatable bonds is 6. The van der Waals surface area contributed by atoms with Crippen LogP contribution in [0.15, 0.2) is 0 Å². The lowest BCUT2D eigenvalue weighted by Gasteiger charge is -2.22. The number of aliphatic carboxylic acids is 2. The number of carbonyl (C=O) groups is 2. The Morgan fingerprint density at radius 3 is 1.33 bits per heavy atom. The van der Waals surface area contributed by atoms with Crippen LogP contribution in [-0.4, -0.2) is 56.8 Å². The fraction of sp³-hybridized carbons (Fsp3) is 0.750. The minimum absolute atomic E-state index is 1.15. The first-order chi connectivity index (χ1) is 6.77. The van der Waals surface area contributed by atoms with Crippen LogP contribution in [0.1, 0.15) is 13.8 Å². The zero-order chi connectivity index (χ0) is 12.2. The molecule has 7 heteroatoms. The number of aliphatic hydroxyl groups is 2. The SMILES string of the molecule is CC(O)C(OC(C(=O)O)C(C)O)C(=O)O. The van der Waals surface area contributed by atoms with Crippen LogP contribution in [0.25, 0.3) is 0 Å². The van der Waals surface area contributed by atoms with E-state index in [0.717, 1.165) is 13.8 Å². The second kappa shape index (κ2) is 5.64. The first-order valence-corrected chi connectivity index (χ1v) is 4.24. The molecule has 0 radical (unpaired) electrons. The van der Waals surface area contributed by atoms with Gasteiger partial charge in [-0.05, 0) is 13.8 Å². The standard InChI is InChI=1S/C8H14O7/c1-3(9)5(7(11)12)15-6(4(2)10)8(13)14/h3-6,9-10H,1-2H3,(H,11,12)(H,13,14). The summed E-state index contributed by atoms with van der Waals surface area (Å²) in [6.07, 6.45) is -6.10. The average molecular weight is 222 g/mol. The van der Waals surface area contributed by atoms with Gasteiger partial charge in [0, 0.05) is 0 Å². The lowest BCUT2D eigenvalue weighted by atomic mass is 10.2. The van der Waals surface area contributed by atoms with Gasteiger partial charge in [0.05, 0.1) is 12.2 Å². The fourth-order valence-corrected chi connectivity index (χ4v) is 0.914. The highest BCUT2D eigenvalue weighted by atomic mass is 16.6. The van der Waals surface area contributed by atoms with Crippen molar-refractivity contribution in [1.82, 2.24) is 0 Å². The van der Waals surface area contributed by atoms with Gasteiger partial charge < -0.3 is 25.2 Å². The molecule has 0 aliphatic carbocycles. The molecule has 0 amide bonds. The highest BCUT2D eigenvalue weighted by Crippen LogP contribution is 2.08. The Hall–Kier alpha value is -1.18. The summed E-state index contributed by atoms with van der Waals surface area (Å²) >= 11 is 0. The fourth-order valence-electron chi connectivity index (χ4n) is 0.914. The number of hydrogen-bond donors (Lipinski definition) is 4. The van der Waals surface area contributed by atoms with Gasteiger partial charge in [0.2, 0.25) is 0 Å². The maximum atomic E-state index is 10.6. The van der Waals surface area contributed by atoms with Crippen LogP contribution in [0.5, 0.6) is 0 Å². The van der Waals surface area contributed by atoms with E-state index >= 15 is 0 Å². The largest absolute Gasteiger partial charge is 0.479 e. The van der Waals surface area contributed by atoms with Gasteiger partial charge in [-0.2, -0.15) is 0 Å². The van der Waals surface area contributed by atoms with Crippen LogP contribution in [0, 0.1) is 0 Å². The second-order valence-corrected chi connectivity index (χ2v) is 3.13. The van der Waals surface area contributed by atoms with Crippen LogP contribution >= 0.6 is 0 Å². The van der Waals surface area contributed by atoms with Crippen molar-refractivity contribution in [1.29, 1.82) is 0 Å². The topological polar surface area (TPSA) is 124 Å². The average Bonchev–Trinajstić information content (AvgIpc) is 2.01. The van der Waals surface area contributed by atoms with Crippen molar-refractivity contribution in [2.75, 3.05) is 0 Å². The Labute approximate surface area is 85.9 Å². The summed E-state index contributed by atoms with van der Waals surface area (Å²) in [5.74, 6) is -2.98. The van der Waals surface area contributed by atoms with Crippen molar-refractivity contribution < 1.29 is 34.8 Å².